The molecule has 1 aromatic carbocycles. The summed E-state index contributed by atoms with van der Waals surface area (Å²) < 4.78 is 32.6. The van der Waals surface area contributed by atoms with E-state index in [4.69, 9.17) is 10.5 Å². The number of nitrogen functional groups attached to an aromatic ring is 1. The van der Waals surface area contributed by atoms with Crippen molar-refractivity contribution in [2.45, 2.75) is 20.3 Å². The normalized spacial score (nSPS) is 10.5. The zero-order chi connectivity index (χ0) is 14.0. The number of halogens is 2. The number of benzene rings is 1. The second-order valence-corrected chi connectivity index (χ2v) is 4.17. The van der Waals surface area contributed by atoms with Crippen LogP contribution in [0.1, 0.15) is 18.3 Å². The van der Waals surface area contributed by atoms with Crippen molar-refractivity contribution in [1.82, 2.24) is 4.98 Å². The molecular formula is C14H14F2N2O. The molecule has 0 spiro atoms. The van der Waals surface area contributed by atoms with E-state index in [1.54, 1.807) is 12.1 Å². The van der Waals surface area contributed by atoms with Crippen LogP contribution < -0.4 is 10.5 Å². The van der Waals surface area contributed by atoms with Crippen molar-refractivity contribution < 1.29 is 13.5 Å². The first-order valence-corrected chi connectivity index (χ1v) is 5.90. The van der Waals surface area contributed by atoms with Gasteiger partial charge in [-0.15, -0.1) is 0 Å². The van der Waals surface area contributed by atoms with Gasteiger partial charge in [-0.05, 0) is 25.5 Å². The molecule has 1 aromatic heterocycles. The van der Waals surface area contributed by atoms with Gasteiger partial charge < -0.3 is 10.5 Å². The first-order chi connectivity index (χ1) is 9.01. The summed E-state index contributed by atoms with van der Waals surface area (Å²) in [5, 5.41) is 0. The predicted molar refractivity (Wildman–Crippen MR) is 69.2 cm³/mol. The molecule has 1 heterocycles. The molecule has 0 aliphatic heterocycles. The molecule has 3 nitrogen and oxygen atoms in total. The summed E-state index contributed by atoms with van der Waals surface area (Å²) in [4.78, 5) is 4.27. The highest BCUT2D eigenvalue weighted by Crippen LogP contribution is 2.31. The predicted octanol–water partition coefficient (Wildman–Crippen LogP) is 3.61. The molecule has 0 saturated carbocycles. The van der Waals surface area contributed by atoms with Crippen LogP contribution in [0.5, 0.6) is 11.5 Å². The Bertz CT molecular complexity index is 591. The smallest absolute Gasteiger partial charge is 0.198 e. The molecule has 0 aliphatic rings. The van der Waals surface area contributed by atoms with Gasteiger partial charge in [-0.2, -0.15) is 0 Å². The number of ether oxygens (including phenoxy) is 1. The molecular weight excluding hydrogens is 250 g/mol. The van der Waals surface area contributed by atoms with Crippen LogP contribution in [-0.2, 0) is 6.42 Å². The van der Waals surface area contributed by atoms with Gasteiger partial charge in [0.2, 0.25) is 0 Å². The molecule has 0 bridgehead atoms. The number of aromatic nitrogens is 1. The van der Waals surface area contributed by atoms with Gasteiger partial charge in [0.05, 0.1) is 5.69 Å². The molecule has 0 fully saturated rings. The van der Waals surface area contributed by atoms with Crippen molar-refractivity contribution in [1.29, 1.82) is 0 Å². The number of rotatable bonds is 3. The highest BCUT2D eigenvalue weighted by Gasteiger charge is 2.15. The second kappa shape index (κ2) is 5.22. The third kappa shape index (κ3) is 2.81. The van der Waals surface area contributed by atoms with Gasteiger partial charge in [-0.3, -0.25) is 4.98 Å². The SMILES string of the molecule is CCc1nc(C)ccc1Oc1c(F)cc(N)cc1F. The molecule has 0 amide bonds. The summed E-state index contributed by atoms with van der Waals surface area (Å²) in [6, 6.07) is 5.41. The monoisotopic (exact) mass is 264 g/mol. The van der Waals surface area contributed by atoms with Crippen molar-refractivity contribution >= 4 is 5.69 Å². The standard InChI is InChI=1S/C14H14F2N2O/c1-3-12-13(5-4-8(2)18-12)19-14-10(15)6-9(17)7-11(14)16/h4-7H,3,17H2,1-2H3. The number of hydrogen-bond acceptors (Lipinski definition) is 3. The first-order valence-electron chi connectivity index (χ1n) is 5.90. The van der Waals surface area contributed by atoms with E-state index in [1.807, 2.05) is 13.8 Å². The summed E-state index contributed by atoms with van der Waals surface area (Å²) in [5.41, 5.74) is 6.83. The topological polar surface area (TPSA) is 48.1 Å². The van der Waals surface area contributed by atoms with Gasteiger partial charge in [-0.25, -0.2) is 8.78 Å². The van der Waals surface area contributed by atoms with Crippen molar-refractivity contribution in [3.63, 3.8) is 0 Å². The summed E-state index contributed by atoms with van der Waals surface area (Å²) >= 11 is 0. The number of nitrogens with two attached hydrogens (primary N) is 1. The molecule has 0 aliphatic carbocycles. The molecule has 0 radical (unpaired) electrons. The Morgan fingerprint density at radius 3 is 2.42 bits per heavy atom. The van der Waals surface area contributed by atoms with Crippen molar-refractivity contribution in [3.8, 4) is 11.5 Å². The molecule has 0 saturated heterocycles. The molecule has 2 rings (SSSR count). The van der Waals surface area contributed by atoms with E-state index in [-0.39, 0.29) is 5.69 Å². The van der Waals surface area contributed by atoms with Crippen molar-refractivity contribution in [2.75, 3.05) is 5.73 Å². The maximum Gasteiger partial charge on any atom is 0.198 e. The lowest BCUT2D eigenvalue weighted by molar-refractivity contribution is 0.402. The number of anilines is 1. The second-order valence-electron chi connectivity index (χ2n) is 4.17. The van der Waals surface area contributed by atoms with Crippen LogP contribution in [0.15, 0.2) is 24.3 Å². The first kappa shape index (κ1) is 13.3. The van der Waals surface area contributed by atoms with Gasteiger partial charge in [-0.1, -0.05) is 6.92 Å². The summed E-state index contributed by atoms with van der Waals surface area (Å²) in [5.74, 6) is -1.79. The van der Waals surface area contributed by atoms with E-state index in [0.29, 0.717) is 17.9 Å². The third-order valence-corrected chi connectivity index (χ3v) is 2.64. The highest BCUT2D eigenvalue weighted by atomic mass is 19.1. The average Bonchev–Trinajstić information content (AvgIpc) is 2.35. The molecule has 100 valence electrons. The van der Waals surface area contributed by atoms with Gasteiger partial charge in [0.15, 0.2) is 17.4 Å². The highest BCUT2D eigenvalue weighted by molar-refractivity contribution is 5.46. The van der Waals surface area contributed by atoms with E-state index in [0.717, 1.165) is 17.8 Å². The minimum Gasteiger partial charge on any atom is -0.449 e. The molecule has 0 unspecified atom stereocenters. The van der Waals surface area contributed by atoms with Crippen LogP contribution in [-0.4, -0.2) is 4.98 Å². The van der Waals surface area contributed by atoms with Gasteiger partial charge in [0, 0.05) is 23.5 Å². The Morgan fingerprint density at radius 1 is 1.21 bits per heavy atom. The van der Waals surface area contributed by atoms with Crippen LogP contribution in [0.25, 0.3) is 0 Å². The molecule has 0 atom stereocenters. The fourth-order valence-corrected chi connectivity index (χ4v) is 1.73. The summed E-state index contributed by atoms with van der Waals surface area (Å²) in [7, 11) is 0. The van der Waals surface area contributed by atoms with E-state index < -0.39 is 17.4 Å². The molecule has 2 aromatic rings. The van der Waals surface area contributed by atoms with Gasteiger partial charge >= 0.3 is 0 Å². The number of nitrogens with zero attached hydrogens (tertiary/aromatic N) is 1. The maximum atomic E-state index is 13.6. The fraction of sp³-hybridized carbons (Fsp3) is 0.214. The third-order valence-electron chi connectivity index (χ3n) is 2.64. The largest absolute Gasteiger partial charge is 0.449 e. The van der Waals surface area contributed by atoms with Crippen LogP contribution >= 0.6 is 0 Å². The average molecular weight is 264 g/mol. The zero-order valence-corrected chi connectivity index (χ0v) is 10.7. The maximum absolute atomic E-state index is 13.6. The van der Waals surface area contributed by atoms with Crippen LogP contribution in [0.3, 0.4) is 0 Å². The van der Waals surface area contributed by atoms with E-state index >= 15 is 0 Å². The van der Waals surface area contributed by atoms with Gasteiger partial charge in [0.1, 0.15) is 5.75 Å². The summed E-state index contributed by atoms with van der Waals surface area (Å²) in [6.07, 6.45) is 0.606. The van der Waals surface area contributed by atoms with Crippen molar-refractivity contribution in [3.05, 3.63) is 47.3 Å². The van der Waals surface area contributed by atoms with Crippen LogP contribution in [0.4, 0.5) is 14.5 Å². The quantitative estimate of drug-likeness (QED) is 0.861. The lowest BCUT2D eigenvalue weighted by Crippen LogP contribution is -2.00. The van der Waals surface area contributed by atoms with E-state index in [9.17, 15) is 8.78 Å². The van der Waals surface area contributed by atoms with E-state index in [1.165, 1.54) is 0 Å². The zero-order valence-electron chi connectivity index (χ0n) is 10.7. The number of hydrogen-bond donors (Lipinski definition) is 1. The summed E-state index contributed by atoms with van der Waals surface area (Å²) in [6.45, 7) is 3.73. The van der Waals surface area contributed by atoms with Crippen LogP contribution in [0.2, 0.25) is 0 Å². The Kier molecular flexibility index (Phi) is 3.64. The van der Waals surface area contributed by atoms with Crippen molar-refractivity contribution in [2.24, 2.45) is 0 Å². The van der Waals surface area contributed by atoms with Crippen LogP contribution in [0, 0.1) is 18.6 Å². The Morgan fingerprint density at radius 2 is 1.84 bits per heavy atom. The Hall–Kier alpha value is -2.17. The lowest BCUT2D eigenvalue weighted by Gasteiger charge is -2.11. The lowest BCUT2D eigenvalue weighted by atomic mass is 10.2. The molecule has 2 N–H and O–H groups in total. The number of pyridine rings is 1. The fourth-order valence-electron chi connectivity index (χ4n) is 1.73. The van der Waals surface area contributed by atoms with Gasteiger partial charge in [0.25, 0.3) is 0 Å². The Labute approximate surface area is 110 Å². The Balaban J connectivity index is 2.42. The molecule has 19 heavy (non-hydrogen) atoms. The number of aryl methyl sites for hydroxylation is 2. The van der Waals surface area contributed by atoms with E-state index in [2.05, 4.69) is 4.98 Å². The minimum absolute atomic E-state index is 0.0140. The molecule has 5 heteroatoms. The minimum atomic E-state index is -0.833.